The van der Waals surface area contributed by atoms with Crippen LogP contribution in [0, 0.1) is 9.39 Å². The fourth-order valence-corrected chi connectivity index (χ4v) is 6.95. The number of fused-ring (bicyclic) bond motifs is 1. The van der Waals surface area contributed by atoms with E-state index in [0.717, 1.165) is 0 Å². The van der Waals surface area contributed by atoms with Crippen LogP contribution in [0.4, 0.5) is 4.39 Å². The summed E-state index contributed by atoms with van der Waals surface area (Å²) in [5, 5.41) is 0. The number of nitrogens with zero attached hydrogens (tertiary/aromatic N) is 2. The minimum absolute atomic E-state index is 0.0233. The lowest BCUT2D eigenvalue weighted by atomic mass is 9.95. The number of esters is 1. The van der Waals surface area contributed by atoms with Gasteiger partial charge < -0.3 is 23.7 Å². The number of allylic oxidation sites excluding steroid dienone is 1. The summed E-state index contributed by atoms with van der Waals surface area (Å²) in [7, 11) is 3.07. The van der Waals surface area contributed by atoms with Crippen LogP contribution < -0.4 is 33.8 Å². The summed E-state index contributed by atoms with van der Waals surface area (Å²) in [6.45, 7) is 5.91. The lowest BCUT2D eigenvalue weighted by Gasteiger charge is -2.25. The van der Waals surface area contributed by atoms with Gasteiger partial charge in [-0.3, -0.25) is 9.36 Å². The molecule has 0 N–H and O–H groups in total. The van der Waals surface area contributed by atoms with Gasteiger partial charge in [-0.1, -0.05) is 35.6 Å². The van der Waals surface area contributed by atoms with E-state index in [2.05, 4.69) is 27.6 Å². The molecule has 9 nitrogen and oxygen atoms in total. The lowest BCUT2D eigenvalue weighted by Crippen LogP contribution is -2.40. The second-order valence-corrected chi connectivity index (χ2v) is 12.2. The van der Waals surface area contributed by atoms with Crippen LogP contribution in [0.2, 0.25) is 0 Å². The van der Waals surface area contributed by atoms with Crippen molar-refractivity contribution in [2.45, 2.75) is 33.4 Å². The molecule has 0 amide bonds. The average molecular weight is 759 g/mol. The fraction of sp³-hybridized carbons (Fsp3) is 0.265. The first kappa shape index (κ1) is 33.2. The zero-order chi connectivity index (χ0) is 33.0. The summed E-state index contributed by atoms with van der Waals surface area (Å²) < 4.78 is 45.1. The maximum Gasteiger partial charge on any atom is 0.338 e. The largest absolute Gasteiger partial charge is 0.493 e. The lowest BCUT2D eigenvalue weighted by molar-refractivity contribution is -0.139. The molecule has 0 bridgehead atoms. The van der Waals surface area contributed by atoms with E-state index in [4.69, 9.17) is 23.7 Å². The predicted octanol–water partition coefficient (Wildman–Crippen LogP) is 5.54. The molecule has 0 radical (unpaired) electrons. The van der Waals surface area contributed by atoms with Crippen molar-refractivity contribution in [1.82, 2.24) is 4.57 Å². The van der Waals surface area contributed by atoms with E-state index in [0.29, 0.717) is 64.9 Å². The van der Waals surface area contributed by atoms with E-state index in [9.17, 15) is 14.0 Å². The number of thiazole rings is 1. The van der Waals surface area contributed by atoms with Crippen LogP contribution in [0.5, 0.6) is 23.0 Å². The molecular weight excluding hydrogens is 726 g/mol. The average Bonchev–Trinajstić information content (AvgIpc) is 3.34. The smallest absolute Gasteiger partial charge is 0.338 e. The third-order valence-electron chi connectivity index (χ3n) is 7.20. The Balaban J connectivity index is 1.61. The van der Waals surface area contributed by atoms with Crippen LogP contribution >= 0.6 is 33.9 Å². The van der Waals surface area contributed by atoms with Crippen molar-refractivity contribution < 1.29 is 32.9 Å². The SMILES string of the molecule is CCOC(=O)C1=C(C)N=c2s/c(=C\c3cc(I)c(OCc4ccccc4F)c(OC)c3)c(=O)n2[C@@H]1c1ccc(OC)c(OCC)c1. The molecule has 1 atom stereocenters. The molecule has 0 fully saturated rings. The van der Waals surface area contributed by atoms with Gasteiger partial charge >= 0.3 is 5.97 Å². The summed E-state index contributed by atoms with van der Waals surface area (Å²) in [6.07, 6.45) is 1.75. The molecule has 240 valence electrons. The molecule has 1 aromatic heterocycles. The van der Waals surface area contributed by atoms with Crippen LogP contribution in [0.15, 0.2) is 75.7 Å². The van der Waals surface area contributed by atoms with Crippen molar-refractivity contribution >= 4 is 46.0 Å². The Morgan fingerprint density at radius 3 is 2.48 bits per heavy atom. The summed E-state index contributed by atoms with van der Waals surface area (Å²) in [5.41, 5.74) is 2.14. The quantitative estimate of drug-likeness (QED) is 0.147. The van der Waals surface area contributed by atoms with Crippen LogP contribution in [0.25, 0.3) is 6.08 Å². The summed E-state index contributed by atoms with van der Waals surface area (Å²) in [5.74, 6) is 1.00. The zero-order valence-electron chi connectivity index (χ0n) is 25.9. The standard InChI is InChI=1S/C34H32FIN2O7S/c1-6-43-26-17-21(12-13-25(26)41-4)30-29(33(40)44-7-2)19(3)37-34-38(30)32(39)28(46-34)16-20-14-24(36)31(27(15-20)42-5)45-18-22-10-8-9-11-23(22)35/h8-17,30H,6-7,18H2,1-5H3/b28-16-/t30-/m1/s1. The molecule has 2 heterocycles. The number of benzene rings is 3. The van der Waals surface area contributed by atoms with Crippen LogP contribution in [0.1, 0.15) is 43.5 Å². The Kier molecular flexibility index (Phi) is 10.5. The van der Waals surface area contributed by atoms with Gasteiger partial charge in [0.1, 0.15) is 12.4 Å². The van der Waals surface area contributed by atoms with E-state index in [-0.39, 0.29) is 30.2 Å². The summed E-state index contributed by atoms with van der Waals surface area (Å²) in [6, 6.07) is 14.5. The zero-order valence-corrected chi connectivity index (χ0v) is 28.9. The van der Waals surface area contributed by atoms with Gasteiger partial charge in [0.25, 0.3) is 5.56 Å². The fourth-order valence-electron chi connectivity index (χ4n) is 5.12. The van der Waals surface area contributed by atoms with Crippen molar-refractivity contribution in [3.63, 3.8) is 0 Å². The highest BCUT2D eigenvalue weighted by molar-refractivity contribution is 14.1. The van der Waals surface area contributed by atoms with Gasteiger partial charge in [0.05, 0.1) is 52.8 Å². The Hall–Kier alpha value is -4.17. The molecule has 0 saturated heterocycles. The van der Waals surface area contributed by atoms with E-state index >= 15 is 0 Å². The van der Waals surface area contributed by atoms with Crippen LogP contribution in [0.3, 0.4) is 0 Å². The first-order valence-corrected chi connectivity index (χ1v) is 16.3. The Morgan fingerprint density at radius 2 is 1.78 bits per heavy atom. The molecule has 1 aliphatic rings. The molecule has 1 aliphatic heterocycles. The van der Waals surface area contributed by atoms with Gasteiger partial charge in [0, 0.05) is 5.56 Å². The van der Waals surface area contributed by atoms with Gasteiger partial charge in [-0.25, -0.2) is 14.2 Å². The molecule has 0 aliphatic carbocycles. The first-order valence-electron chi connectivity index (χ1n) is 14.4. The van der Waals surface area contributed by atoms with Gasteiger partial charge in [0.2, 0.25) is 0 Å². The molecule has 12 heteroatoms. The summed E-state index contributed by atoms with van der Waals surface area (Å²) in [4.78, 5) is 32.5. The van der Waals surface area contributed by atoms with E-state index in [1.807, 2.05) is 13.0 Å². The molecule has 4 aromatic rings. The number of methoxy groups -OCH3 is 2. The van der Waals surface area contributed by atoms with Crippen molar-refractivity contribution in [3.05, 3.63) is 112 Å². The normalized spacial score (nSPS) is 14.4. The minimum atomic E-state index is -0.814. The molecule has 0 unspecified atom stereocenters. The highest BCUT2D eigenvalue weighted by Crippen LogP contribution is 2.37. The number of halogens is 2. The van der Waals surface area contributed by atoms with Crippen molar-refractivity contribution in [2.75, 3.05) is 27.4 Å². The van der Waals surface area contributed by atoms with Crippen LogP contribution in [-0.2, 0) is 16.1 Å². The molecule has 3 aromatic carbocycles. The first-order chi connectivity index (χ1) is 22.2. The number of aromatic nitrogens is 1. The van der Waals surface area contributed by atoms with Crippen LogP contribution in [-0.4, -0.2) is 38.0 Å². The molecule has 0 spiro atoms. The number of hydrogen-bond acceptors (Lipinski definition) is 9. The van der Waals surface area contributed by atoms with Crippen molar-refractivity contribution in [3.8, 4) is 23.0 Å². The van der Waals surface area contributed by atoms with Crippen molar-refractivity contribution in [2.24, 2.45) is 4.99 Å². The number of rotatable bonds is 11. The number of ether oxygens (including phenoxy) is 5. The highest BCUT2D eigenvalue weighted by Gasteiger charge is 2.34. The van der Waals surface area contributed by atoms with E-state index in [1.54, 1.807) is 69.5 Å². The highest BCUT2D eigenvalue weighted by atomic mass is 127. The Morgan fingerprint density at radius 1 is 1.02 bits per heavy atom. The second-order valence-electron chi connectivity index (χ2n) is 10.1. The van der Waals surface area contributed by atoms with E-state index < -0.39 is 12.0 Å². The minimum Gasteiger partial charge on any atom is -0.493 e. The number of carbonyl (C=O) groups is 1. The molecule has 0 saturated carbocycles. The molecular formula is C34H32FIN2O7S. The Bertz CT molecular complexity index is 2000. The molecule has 5 rings (SSSR count). The third kappa shape index (κ3) is 6.68. The van der Waals surface area contributed by atoms with Crippen molar-refractivity contribution in [1.29, 1.82) is 0 Å². The molecule has 46 heavy (non-hydrogen) atoms. The summed E-state index contributed by atoms with van der Waals surface area (Å²) >= 11 is 3.33. The van der Waals surface area contributed by atoms with Gasteiger partial charge in [-0.05, 0) is 90.9 Å². The number of carbonyl (C=O) groups excluding carboxylic acids is 1. The monoisotopic (exact) mass is 758 g/mol. The van der Waals surface area contributed by atoms with Gasteiger partial charge in [0.15, 0.2) is 27.8 Å². The van der Waals surface area contributed by atoms with Gasteiger partial charge in [-0.15, -0.1) is 0 Å². The topological polar surface area (TPSA) is 97.6 Å². The third-order valence-corrected chi connectivity index (χ3v) is 8.98. The number of hydrogen-bond donors (Lipinski definition) is 0. The maximum atomic E-state index is 14.2. The van der Waals surface area contributed by atoms with E-state index in [1.165, 1.54) is 29.1 Å². The second kappa shape index (κ2) is 14.5. The maximum absolute atomic E-state index is 14.2. The predicted molar refractivity (Wildman–Crippen MR) is 181 cm³/mol. The Labute approximate surface area is 282 Å². The van der Waals surface area contributed by atoms with Gasteiger partial charge in [-0.2, -0.15) is 0 Å².